The van der Waals surface area contributed by atoms with E-state index in [0.29, 0.717) is 0 Å². The lowest BCUT2D eigenvalue weighted by atomic mass is 9.96. The molecule has 0 bridgehead atoms. The minimum absolute atomic E-state index is 0.0467. The summed E-state index contributed by atoms with van der Waals surface area (Å²) in [5.41, 5.74) is 11.3. The van der Waals surface area contributed by atoms with Crippen LogP contribution in [0.4, 0.5) is 0 Å². The molecule has 1 aliphatic rings. The van der Waals surface area contributed by atoms with Crippen LogP contribution in [0.2, 0.25) is 0 Å². The summed E-state index contributed by atoms with van der Waals surface area (Å²) in [6, 6.07) is 65.5. The van der Waals surface area contributed by atoms with E-state index < -0.39 is 0 Å². The van der Waals surface area contributed by atoms with E-state index in [0.717, 1.165) is 33.1 Å². The van der Waals surface area contributed by atoms with Crippen LogP contribution in [-0.2, 0) is 0 Å². The Labute approximate surface area is 332 Å². The fourth-order valence-corrected chi connectivity index (χ4v) is 10.2. The van der Waals surface area contributed by atoms with Crippen LogP contribution in [0.1, 0.15) is 35.2 Å². The summed E-state index contributed by atoms with van der Waals surface area (Å²) >= 11 is 1.86. The molecule has 1 aliphatic heterocycles. The van der Waals surface area contributed by atoms with Crippen LogP contribution in [0.25, 0.3) is 80.7 Å². The van der Waals surface area contributed by atoms with E-state index in [4.69, 9.17) is 4.42 Å². The highest BCUT2D eigenvalue weighted by atomic mass is 32.1. The molecule has 2 atom stereocenters. The molecule has 3 aromatic heterocycles. The Morgan fingerprint density at radius 3 is 1.75 bits per heavy atom. The van der Waals surface area contributed by atoms with Crippen LogP contribution in [0.3, 0.4) is 0 Å². The molecule has 0 aliphatic carbocycles. The number of hydrogen-bond acceptors (Lipinski definition) is 5. The van der Waals surface area contributed by atoms with Gasteiger partial charge >= 0.3 is 0 Å². The zero-order chi connectivity index (χ0) is 37.5. The van der Waals surface area contributed by atoms with Crippen molar-refractivity contribution in [3.63, 3.8) is 0 Å². The Morgan fingerprint density at radius 1 is 0.421 bits per heavy atom. The molecule has 3 N–H and O–H groups in total. The maximum absolute atomic E-state index is 6.58. The van der Waals surface area contributed by atoms with Crippen LogP contribution >= 0.6 is 11.3 Å². The lowest BCUT2D eigenvalue weighted by Crippen LogP contribution is -2.54. The molecule has 12 rings (SSSR count). The maximum Gasteiger partial charge on any atom is 0.136 e. The highest BCUT2D eigenvalue weighted by Gasteiger charge is 2.30. The second-order valence-corrected chi connectivity index (χ2v) is 16.1. The Morgan fingerprint density at radius 2 is 1.05 bits per heavy atom. The standard InChI is InChI=1S/C51H36N4OS/c1-3-13-31(14-4-1)49-52-50(32-15-5-2-6-16-32)54-51(53-49)34-25-27-43-38(30-34)47-35(19-11-23-44(47)56-43)33-26-28-45-39(29-33)48-42(22-12-24-46(48)57-45)55-40-20-9-7-17-36(40)37-18-8-10-21-41(37)55/h1-30,49-54H. The first-order valence-corrected chi connectivity index (χ1v) is 20.3. The van der Waals surface area contributed by atoms with Gasteiger partial charge in [-0.2, -0.15) is 0 Å². The number of nitrogens with one attached hydrogen (secondary N) is 3. The average molecular weight is 753 g/mol. The monoisotopic (exact) mass is 752 g/mol. The quantitative estimate of drug-likeness (QED) is 0.164. The zero-order valence-electron chi connectivity index (χ0n) is 30.8. The van der Waals surface area contributed by atoms with Crippen molar-refractivity contribution in [2.45, 2.75) is 18.5 Å². The molecule has 6 heteroatoms. The SMILES string of the molecule is c1ccc(C2NC(c3ccccc3)NC(c3ccc4oc5cccc(-c6ccc7sc8cccc(-n9c%10ccccc%10c%10ccccc%109)c8c7c6)c5c4c3)N2)cc1. The largest absolute Gasteiger partial charge is 0.456 e. The van der Waals surface area contributed by atoms with Crippen molar-refractivity contribution in [1.82, 2.24) is 20.5 Å². The van der Waals surface area contributed by atoms with E-state index in [1.807, 2.05) is 11.3 Å². The summed E-state index contributed by atoms with van der Waals surface area (Å²) in [4.78, 5) is 0. The first kappa shape index (κ1) is 32.7. The first-order chi connectivity index (χ1) is 28.2. The molecule has 0 spiro atoms. The maximum atomic E-state index is 6.58. The highest BCUT2D eigenvalue weighted by Crippen LogP contribution is 2.44. The fourth-order valence-electron chi connectivity index (χ4n) is 9.12. The second kappa shape index (κ2) is 13.0. The number of thiophene rings is 1. The number of hydrogen-bond donors (Lipinski definition) is 3. The lowest BCUT2D eigenvalue weighted by Gasteiger charge is -2.39. The third-order valence-electron chi connectivity index (χ3n) is 11.7. The average Bonchev–Trinajstić information content (AvgIpc) is 3.96. The molecule has 0 saturated carbocycles. The number of para-hydroxylation sites is 2. The van der Waals surface area contributed by atoms with Crippen molar-refractivity contribution >= 4 is 75.3 Å². The Bertz CT molecular complexity index is 3210. The molecule has 1 saturated heterocycles. The van der Waals surface area contributed by atoms with Gasteiger partial charge in [0.2, 0.25) is 0 Å². The molecule has 1 fully saturated rings. The minimum atomic E-state index is -0.115. The predicted octanol–water partition coefficient (Wildman–Crippen LogP) is 12.9. The van der Waals surface area contributed by atoms with Crippen molar-refractivity contribution in [3.05, 3.63) is 199 Å². The summed E-state index contributed by atoms with van der Waals surface area (Å²) in [6.07, 6.45) is -0.208. The fraction of sp³-hybridized carbons (Fsp3) is 0.0588. The number of aromatic nitrogens is 1. The number of furan rings is 1. The van der Waals surface area contributed by atoms with Crippen LogP contribution in [0.15, 0.2) is 186 Å². The second-order valence-electron chi connectivity index (χ2n) is 15.0. The predicted molar refractivity (Wildman–Crippen MR) is 237 cm³/mol. The molecule has 5 nitrogen and oxygen atoms in total. The van der Waals surface area contributed by atoms with Crippen molar-refractivity contribution in [1.29, 1.82) is 0 Å². The zero-order valence-corrected chi connectivity index (χ0v) is 31.6. The van der Waals surface area contributed by atoms with E-state index in [9.17, 15) is 0 Å². The van der Waals surface area contributed by atoms with Crippen LogP contribution in [0, 0.1) is 0 Å². The smallest absolute Gasteiger partial charge is 0.136 e. The van der Waals surface area contributed by atoms with Gasteiger partial charge in [-0.1, -0.05) is 127 Å². The molecule has 57 heavy (non-hydrogen) atoms. The van der Waals surface area contributed by atoms with Gasteiger partial charge < -0.3 is 8.98 Å². The van der Waals surface area contributed by atoms with Crippen LogP contribution in [-0.4, -0.2) is 4.57 Å². The van der Waals surface area contributed by atoms with E-state index in [1.165, 1.54) is 64.4 Å². The van der Waals surface area contributed by atoms with E-state index in [1.54, 1.807) is 0 Å². The van der Waals surface area contributed by atoms with Gasteiger partial charge in [0.15, 0.2) is 0 Å². The number of nitrogens with zero attached hydrogens (tertiary/aromatic N) is 1. The summed E-state index contributed by atoms with van der Waals surface area (Å²) in [5, 5.41) is 18.8. The van der Waals surface area contributed by atoms with Gasteiger partial charge in [-0.25, -0.2) is 0 Å². The van der Waals surface area contributed by atoms with Crippen molar-refractivity contribution in [2.75, 3.05) is 0 Å². The number of fused-ring (bicyclic) bond motifs is 9. The number of rotatable bonds is 5. The van der Waals surface area contributed by atoms with E-state index in [2.05, 4.69) is 203 Å². The van der Waals surface area contributed by atoms with Gasteiger partial charge in [-0.15, -0.1) is 11.3 Å². The molecule has 272 valence electrons. The van der Waals surface area contributed by atoms with Gasteiger partial charge in [-0.05, 0) is 82.4 Å². The van der Waals surface area contributed by atoms with Gasteiger partial charge in [0.05, 0.1) is 35.2 Å². The van der Waals surface area contributed by atoms with Gasteiger partial charge in [0.25, 0.3) is 0 Å². The third-order valence-corrected chi connectivity index (χ3v) is 12.9. The van der Waals surface area contributed by atoms with E-state index in [-0.39, 0.29) is 18.5 Å². The van der Waals surface area contributed by atoms with Crippen molar-refractivity contribution < 1.29 is 4.42 Å². The third kappa shape index (κ3) is 5.27. The highest BCUT2D eigenvalue weighted by molar-refractivity contribution is 7.25. The molecule has 0 amide bonds. The van der Waals surface area contributed by atoms with Gasteiger partial charge in [-0.3, -0.25) is 16.0 Å². The summed E-state index contributed by atoms with van der Waals surface area (Å²) in [5.74, 6) is 0. The Hall–Kier alpha value is -6.54. The summed E-state index contributed by atoms with van der Waals surface area (Å²) in [7, 11) is 0. The van der Waals surface area contributed by atoms with Crippen molar-refractivity contribution in [3.8, 4) is 16.8 Å². The minimum Gasteiger partial charge on any atom is -0.456 e. The molecule has 4 heterocycles. The Kier molecular flexibility index (Phi) is 7.46. The normalized spacial score (nSPS) is 17.4. The number of benzene rings is 8. The first-order valence-electron chi connectivity index (χ1n) is 19.5. The molecule has 8 aromatic carbocycles. The topological polar surface area (TPSA) is 54.2 Å². The molecular formula is C51H36N4OS. The van der Waals surface area contributed by atoms with E-state index >= 15 is 0 Å². The van der Waals surface area contributed by atoms with Gasteiger partial charge in [0.1, 0.15) is 11.2 Å². The summed E-state index contributed by atoms with van der Waals surface area (Å²) < 4.78 is 11.6. The Balaban J connectivity index is 1.01. The molecular weight excluding hydrogens is 717 g/mol. The molecule has 11 aromatic rings. The summed E-state index contributed by atoms with van der Waals surface area (Å²) in [6.45, 7) is 0. The van der Waals surface area contributed by atoms with Gasteiger partial charge in [0, 0.05) is 41.7 Å². The van der Waals surface area contributed by atoms with Crippen LogP contribution < -0.4 is 16.0 Å². The molecule has 0 radical (unpaired) electrons. The lowest BCUT2D eigenvalue weighted by molar-refractivity contribution is 0.203. The molecule has 2 unspecified atom stereocenters. The van der Waals surface area contributed by atoms with Crippen molar-refractivity contribution in [2.24, 2.45) is 0 Å². The van der Waals surface area contributed by atoms with Crippen LogP contribution in [0.5, 0.6) is 0 Å².